The van der Waals surface area contributed by atoms with E-state index in [1.807, 2.05) is 108 Å². The lowest BCUT2D eigenvalue weighted by molar-refractivity contribution is -0.0213. The summed E-state index contributed by atoms with van der Waals surface area (Å²) in [6, 6.07) is 44.3. The number of β-amino-alcohol motifs (C(OH)–C–C–N with tert-alkyl or cyclic N) is 1. The average Bonchev–Trinajstić information content (AvgIpc) is 3.39. The van der Waals surface area contributed by atoms with Crippen LogP contribution in [0.25, 0.3) is 0 Å². The van der Waals surface area contributed by atoms with Crippen molar-refractivity contribution in [2.75, 3.05) is 27.1 Å². The number of hydrazine groups is 1. The number of benzene rings is 6. The van der Waals surface area contributed by atoms with Crippen LogP contribution in [-0.4, -0.2) is 75.5 Å². The number of hydrogen-bond acceptors (Lipinski definition) is 11. The van der Waals surface area contributed by atoms with Crippen LogP contribution in [0.3, 0.4) is 0 Å². The van der Waals surface area contributed by atoms with Crippen LogP contribution >= 0.6 is 7.60 Å². The molecule has 2 amide bonds. The van der Waals surface area contributed by atoms with Crippen molar-refractivity contribution >= 4 is 13.6 Å². The third-order valence-corrected chi connectivity index (χ3v) is 12.2. The molecule has 1 aliphatic heterocycles. The SMILES string of the molecule is COc1cc(CN2C(=O)N(Cc3ccc(O)c(OC)c3)N(Cc3ccccc3)CC(O)C2Cc2ccccc2OCP(=O)(OCc2ccccc2)OCc2ccccc2)ccc1O. The van der Waals surface area contributed by atoms with E-state index in [4.69, 9.17) is 23.3 Å². The molecule has 0 bridgehead atoms. The molecule has 0 saturated carbocycles. The molecule has 1 saturated heterocycles. The van der Waals surface area contributed by atoms with Crippen molar-refractivity contribution in [2.45, 2.75) is 51.4 Å². The Hall–Kier alpha value is -6.34. The minimum absolute atomic E-state index is 0.0324. The highest BCUT2D eigenvalue weighted by molar-refractivity contribution is 7.53. The molecule has 3 N–H and O–H groups in total. The van der Waals surface area contributed by atoms with Crippen molar-refractivity contribution in [2.24, 2.45) is 0 Å². The van der Waals surface area contributed by atoms with Crippen molar-refractivity contribution in [1.82, 2.24) is 14.9 Å². The molecular formula is C49H52N3O10P. The van der Waals surface area contributed by atoms with E-state index in [-0.39, 0.29) is 62.3 Å². The second-order valence-electron chi connectivity index (χ2n) is 15.2. The van der Waals surface area contributed by atoms with Crippen LogP contribution in [-0.2, 0) is 52.9 Å². The van der Waals surface area contributed by atoms with Crippen LogP contribution in [0.1, 0.15) is 33.4 Å². The van der Waals surface area contributed by atoms with Crippen LogP contribution in [0.5, 0.6) is 28.7 Å². The molecule has 6 aromatic carbocycles. The Labute approximate surface area is 367 Å². The summed E-state index contributed by atoms with van der Waals surface area (Å²) in [7, 11) is -0.964. The van der Waals surface area contributed by atoms with Crippen LogP contribution in [0.2, 0.25) is 0 Å². The van der Waals surface area contributed by atoms with E-state index in [0.717, 1.165) is 16.7 Å². The van der Waals surface area contributed by atoms with E-state index in [2.05, 4.69) is 0 Å². The first kappa shape index (κ1) is 44.7. The number of aromatic hydroxyl groups is 2. The second-order valence-corrected chi connectivity index (χ2v) is 17.2. The lowest BCUT2D eigenvalue weighted by atomic mass is 9.98. The molecule has 7 rings (SSSR count). The number of urea groups is 1. The van der Waals surface area contributed by atoms with Crippen LogP contribution in [0.4, 0.5) is 4.79 Å². The van der Waals surface area contributed by atoms with Gasteiger partial charge in [-0.2, -0.15) is 0 Å². The Balaban J connectivity index is 1.22. The quantitative estimate of drug-likeness (QED) is 0.0670. The number of para-hydroxylation sites is 1. The lowest BCUT2D eigenvalue weighted by Gasteiger charge is -2.36. The highest BCUT2D eigenvalue weighted by atomic mass is 31.2. The van der Waals surface area contributed by atoms with Gasteiger partial charge >= 0.3 is 13.6 Å². The van der Waals surface area contributed by atoms with Crippen LogP contribution in [0.15, 0.2) is 152 Å². The van der Waals surface area contributed by atoms with Gasteiger partial charge in [-0.05, 0) is 70.1 Å². The Kier molecular flexibility index (Phi) is 15.0. The Morgan fingerprint density at radius 1 is 0.603 bits per heavy atom. The van der Waals surface area contributed by atoms with Crippen molar-refractivity contribution in [3.8, 4) is 28.7 Å². The maximum absolute atomic E-state index is 15.3. The normalized spacial score (nSPS) is 15.8. The fraction of sp³-hybridized carbons (Fsp3) is 0.245. The molecule has 2 unspecified atom stereocenters. The predicted molar refractivity (Wildman–Crippen MR) is 238 cm³/mol. The molecule has 2 atom stereocenters. The Morgan fingerprint density at radius 2 is 1.11 bits per heavy atom. The van der Waals surface area contributed by atoms with E-state index in [9.17, 15) is 19.9 Å². The highest BCUT2D eigenvalue weighted by Gasteiger charge is 2.41. The van der Waals surface area contributed by atoms with Gasteiger partial charge < -0.3 is 43.5 Å². The molecule has 0 aromatic heterocycles. The van der Waals surface area contributed by atoms with Crippen molar-refractivity contribution in [3.63, 3.8) is 0 Å². The number of phenolic OH excluding ortho intramolecular Hbond substituents is 2. The lowest BCUT2D eigenvalue weighted by Crippen LogP contribution is -2.51. The fourth-order valence-electron chi connectivity index (χ4n) is 7.40. The van der Waals surface area contributed by atoms with E-state index in [0.29, 0.717) is 29.0 Å². The second kappa shape index (κ2) is 21.2. The van der Waals surface area contributed by atoms with Gasteiger partial charge in [0.1, 0.15) is 5.75 Å². The van der Waals surface area contributed by atoms with Crippen molar-refractivity contribution < 1.29 is 47.9 Å². The van der Waals surface area contributed by atoms with Gasteiger partial charge in [0.05, 0.1) is 46.1 Å². The van der Waals surface area contributed by atoms with Gasteiger partial charge in [0, 0.05) is 19.6 Å². The summed E-state index contributed by atoms with van der Waals surface area (Å²) >= 11 is 0. The Morgan fingerprint density at radius 3 is 1.67 bits per heavy atom. The van der Waals surface area contributed by atoms with Gasteiger partial charge in [-0.25, -0.2) is 9.80 Å². The van der Waals surface area contributed by atoms with Gasteiger partial charge in [0.2, 0.25) is 0 Å². The zero-order valence-corrected chi connectivity index (χ0v) is 36.1. The maximum Gasteiger partial charge on any atom is 0.368 e. The number of carbonyl (C=O) groups excluding carboxylic acids is 1. The molecule has 13 nitrogen and oxygen atoms in total. The number of aliphatic hydroxyl groups is 1. The van der Waals surface area contributed by atoms with E-state index >= 15 is 4.79 Å². The molecule has 6 aromatic rings. The summed E-state index contributed by atoms with van der Waals surface area (Å²) in [5, 5.41) is 36.7. The minimum Gasteiger partial charge on any atom is -0.504 e. The Bertz CT molecular complexity index is 2410. The number of nitrogens with zero attached hydrogens (tertiary/aromatic N) is 3. The third-order valence-electron chi connectivity index (χ3n) is 10.8. The smallest absolute Gasteiger partial charge is 0.368 e. The molecule has 1 heterocycles. The summed E-state index contributed by atoms with van der Waals surface area (Å²) in [4.78, 5) is 16.9. The third kappa shape index (κ3) is 11.8. The molecule has 0 aliphatic carbocycles. The molecule has 63 heavy (non-hydrogen) atoms. The highest BCUT2D eigenvalue weighted by Crippen LogP contribution is 2.50. The molecule has 0 spiro atoms. The van der Waals surface area contributed by atoms with Crippen LogP contribution < -0.4 is 14.2 Å². The van der Waals surface area contributed by atoms with Crippen LogP contribution in [0, 0.1) is 0 Å². The summed E-state index contributed by atoms with van der Waals surface area (Å²) < 4.78 is 43.6. The van der Waals surface area contributed by atoms with Gasteiger partial charge in [0.25, 0.3) is 0 Å². The number of rotatable bonds is 19. The maximum atomic E-state index is 15.3. The van der Waals surface area contributed by atoms with Gasteiger partial charge in [-0.3, -0.25) is 9.57 Å². The summed E-state index contributed by atoms with van der Waals surface area (Å²) in [5.74, 6) is 0.783. The number of carbonyl (C=O) groups is 1. The zero-order valence-electron chi connectivity index (χ0n) is 35.2. The topological polar surface area (TPSA) is 151 Å². The molecule has 0 radical (unpaired) electrons. The van der Waals surface area contributed by atoms with Crippen molar-refractivity contribution in [3.05, 3.63) is 185 Å². The molecule has 328 valence electrons. The summed E-state index contributed by atoms with van der Waals surface area (Å²) in [5.41, 5.74) is 4.54. The average molecular weight is 874 g/mol. The number of hydrogen-bond donors (Lipinski definition) is 3. The number of aliphatic hydroxyl groups excluding tert-OH is 1. The number of ether oxygens (including phenoxy) is 3. The monoisotopic (exact) mass is 873 g/mol. The largest absolute Gasteiger partial charge is 0.504 e. The zero-order chi connectivity index (χ0) is 44.2. The molecular weight excluding hydrogens is 822 g/mol. The number of methoxy groups -OCH3 is 2. The van der Waals surface area contributed by atoms with E-state index in [1.165, 1.54) is 26.4 Å². The first-order valence-electron chi connectivity index (χ1n) is 20.5. The van der Waals surface area contributed by atoms with E-state index < -0.39 is 32.1 Å². The van der Waals surface area contributed by atoms with Gasteiger partial charge in [0.15, 0.2) is 29.3 Å². The van der Waals surface area contributed by atoms with Gasteiger partial charge in [-0.15, -0.1) is 0 Å². The first-order chi connectivity index (χ1) is 30.6. The summed E-state index contributed by atoms with van der Waals surface area (Å²) in [6.45, 7) is 0.557. The molecule has 1 aliphatic rings. The first-order valence-corrected chi connectivity index (χ1v) is 22.3. The molecule has 14 heteroatoms. The predicted octanol–water partition coefficient (Wildman–Crippen LogP) is 8.91. The van der Waals surface area contributed by atoms with Gasteiger partial charge in [-0.1, -0.05) is 121 Å². The summed E-state index contributed by atoms with van der Waals surface area (Å²) in [6.07, 6.45) is -1.36. The number of phenols is 2. The fourth-order valence-corrected chi connectivity index (χ4v) is 8.61. The number of amides is 2. The van der Waals surface area contributed by atoms with E-state index in [1.54, 1.807) is 46.3 Å². The van der Waals surface area contributed by atoms with Crippen molar-refractivity contribution in [1.29, 1.82) is 0 Å². The minimum atomic E-state index is -3.88. The standard InChI is InChI=1S/C49H52N3O10P/c1-58-47-26-39(22-24-43(47)53)30-51-42(45(55)32-50(29-36-14-6-3-7-15-36)52(49(51)56)31-40-23-25-44(54)48(27-40)59-2)28-41-20-12-13-21-46(41)60-35-63(57,61-33-37-16-8-4-9-17-37)62-34-38-18-10-5-11-19-38/h3-27,42,45,53-55H,28-35H2,1-2H3. The molecule has 1 fully saturated rings.